The predicted octanol–water partition coefficient (Wildman–Crippen LogP) is 4.07. The summed E-state index contributed by atoms with van der Waals surface area (Å²) >= 11 is 0. The van der Waals surface area contributed by atoms with Gasteiger partial charge in [-0.25, -0.2) is 0 Å². The minimum Gasteiger partial charge on any atom is -0.326 e. The molecule has 2 aromatic carbocycles. The first-order chi connectivity index (χ1) is 13.7. The van der Waals surface area contributed by atoms with Crippen LogP contribution in [0.3, 0.4) is 0 Å². The molecule has 0 unspecified atom stereocenters. The number of carbonyl (C=O) groups excluding carboxylic acids is 3. The van der Waals surface area contributed by atoms with Gasteiger partial charge in [0.25, 0.3) is 0 Å². The highest BCUT2D eigenvalue weighted by Gasteiger charge is 2.35. The molecule has 0 bridgehead atoms. The van der Waals surface area contributed by atoms with Crippen LogP contribution in [0.5, 0.6) is 0 Å². The Labute approximate surface area is 171 Å². The van der Waals surface area contributed by atoms with Crippen molar-refractivity contribution in [1.82, 2.24) is 0 Å². The van der Waals surface area contributed by atoms with Crippen LogP contribution in [0.15, 0.2) is 42.5 Å². The van der Waals surface area contributed by atoms with Crippen molar-refractivity contribution in [3.8, 4) is 0 Å². The molecule has 1 aliphatic rings. The van der Waals surface area contributed by atoms with E-state index in [1.807, 2.05) is 37.3 Å². The first-order valence-electron chi connectivity index (χ1n) is 9.84. The average Bonchev–Trinajstić information content (AvgIpc) is 3.05. The van der Waals surface area contributed by atoms with E-state index in [2.05, 4.69) is 24.5 Å². The normalized spacial score (nSPS) is 16.2. The second-order valence-corrected chi connectivity index (χ2v) is 7.86. The zero-order valence-corrected chi connectivity index (χ0v) is 17.3. The monoisotopic (exact) mass is 393 g/mol. The lowest BCUT2D eigenvalue weighted by Crippen LogP contribution is -2.28. The van der Waals surface area contributed by atoms with Crippen LogP contribution in [-0.2, 0) is 14.4 Å². The van der Waals surface area contributed by atoms with Gasteiger partial charge in [-0.1, -0.05) is 26.0 Å². The van der Waals surface area contributed by atoms with E-state index in [0.29, 0.717) is 23.8 Å². The number of nitrogens with zero attached hydrogens (tertiary/aromatic N) is 1. The van der Waals surface area contributed by atoms with Crippen LogP contribution in [0.25, 0.3) is 0 Å². The van der Waals surface area contributed by atoms with Gasteiger partial charge in [0.15, 0.2) is 0 Å². The fourth-order valence-corrected chi connectivity index (χ4v) is 3.50. The molecule has 1 atom stereocenters. The van der Waals surface area contributed by atoms with Gasteiger partial charge >= 0.3 is 0 Å². The summed E-state index contributed by atoms with van der Waals surface area (Å²) in [7, 11) is 0. The number of carbonyl (C=O) groups is 3. The molecule has 29 heavy (non-hydrogen) atoms. The summed E-state index contributed by atoms with van der Waals surface area (Å²) < 4.78 is 0. The molecule has 6 nitrogen and oxygen atoms in total. The Bertz CT molecular complexity index is 952. The summed E-state index contributed by atoms with van der Waals surface area (Å²) in [6.45, 7) is 7.91. The molecular weight excluding hydrogens is 366 g/mol. The fraction of sp³-hybridized carbons (Fsp3) is 0.348. The van der Waals surface area contributed by atoms with E-state index < -0.39 is 5.92 Å². The second-order valence-electron chi connectivity index (χ2n) is 7.86. The Morgan fingerprint density at radius 2 is 1.86 bits per heavy atom. The van der Waals surface area contributed by atoms with Gasteiger partial charge in [-0.3, -0.25) is 14.4 Å². The van der Waals surface area contributed by atoms with Crippen molar-refractivity contribution in [1.29, 1.82) is 0 Å². The Hall–Kier alpha value is -3.15. The van der Waals surface area contributed by atoms with Crippen LogP contribution in [-0.4, -0.2) is 24.3 Å². The highest BCUT2D eigenvalue weighted by molar-refractivity contribution is 6.03. The van der Waals surface area contributed by atoms with E-state index in [0.717, 1.165) is 16.8 Å². The number of anilines is 3. The number of hydrogen-bond acceptors (Lipinski definition) is 3. The Balaban J connectivity index is 1.68. The third-order valence-corrected chi connectivity index (χ3v) is 5.15. The van der Waals surface area contributed by atoms with Crippen LogP contribution >= 0.6 is 0 Å². The molecule has 0 aliphatic carbocycles. The van der Waals surface area contributed by atoms with Crippen molar-refractivity contribution >= 4 is 34.8 Å². The maximum Gasteiger partial charge on any atom is 0.229 e. The smallest absolute Gasteiger partial charge is 0.229 e. The van der Waals surface area contributed by atoms with E-state index in [4.69, 9.17) is 0 Å². The maximum absolute atomic E-state index is 12.7. The molecule has 3 rings (SSSR count). The van der Waals surface area contributed by atoms with Gasteiger partial charge in [0, 0.05) is 37.0 Å². The first kappa shape index (κ1) is 20.6. The molecule has 1 fully saturated rings. The van der Waals surface area contributed by atoms with Crippen LogP contribution in [0.2, 0.25) is 0 Å². The topological polar surface area (TPSA) is 78.5 Å². The number of hydrogen-bond donors (Lipinski definition) is 2. The van der Waals surface area contributed by atoms with Gasteiger partial charge < -0.3 is 15.5 Å². The highest BCUT2D eigenvalue weighted by atomic mass is 16.2. The molecule has 3 amide bonds. The van der Waals surface area contributed by atoms with Crippen molar-refractivity contribution in [2.45, 2.75) is 40.0 Å². The van der Waals surface area contributed by atoms with Crippen LogP contribution in [0.1, 0.15) is 44.2 Å². The largest absolute Gasteiger partial charge is 0.326 e. The molecule has 0 aromatic heterocycles. The summed E-state index contributed by atoms with van der Waals surface area (Å²) in [6.07, 6.45) is 0.195. The SMILES string of the molecule is CC(=O)Nc1ccc(NC(=O)[C@H]2CC(=O)N(c3cccc(C(C)C)c3)C2)cc1C. The van der Waals surface area contributed by atoms with Crippen LogP contribution < -0.4 is 15.5 Å². The van der Waals surface area contributed by atoms with Gasteiger partial charge in [0.05, 0.1) is 5.92 Å². The maximum atomic E-state index is 12.7. The zero-order chi connectivity index (χ0) is 21.1. The highest BCUT2D eigenvalue weighted by Crippen LogP contribution is 2.29. The third kappa shape index (κ3) is 4.83. The van der Waals surface area contributed by atoms with Crippen molar-refractivity contribution in [2.75, 3.05) is 22.1 Å². The van der Waals surface area contributed by atoms with Crippen molar-refractivity contribution in [2.24, 2.45) is 5.92 Å². The van der Waals surface area contributed by atoms with Gasteiger partial charge in [-0.15, -0.1) is 0 Å². The van der Waals surface area contributed by atoms with Crippen LogP contribution in [0, 0.1) is 12.8 Å². The molecule has 2 N–H and O–H groups in total. The van der Waals surface area contributed by atoms with Gasteiger partial charge in [-0.05, 0) is 54.3 Å². The van der Waals surface area contributed by atoms with E-state index in [-0.39, 0.29) is 24.1 Å². The van der Waals surface area contributed by atoms with Crippen molar-refractivity contribution in [3.63, 3.8) is 0 Å². The molecule has 1 heterocycles. The molecule has 1 saturated heterocycles. The molecule has 1 aliphatic heterocycles. The number of aryl methyl sites for hydroxylation is 1. The number of amides is 3. The lowest BCUT2D eigenvalue weighted by atomic mass is 10.0. The quantitative estimate of drug-likeness (QED) is 0.804. The molecule has 6 heteroatoms. The van der Waals surface area contributed by atoms with Crippen molar-refractivity contribution in [3.05, 3.63) is 53.6 Å². The summed E-state index contributed by atoms with van der Waals surface area (Å²) in [5, 5.41) is 5.64. The molecule has 0 radical (unpaired) electrons. The summed E-state index contributed by atoms with van der Waals surface area (Å²) in [5.74, 6) is -0.386. The van der Waals surface area contributed by atoms with Crippen molar-refractivity contribution < 1.29 is 14.4 Å². The number of nitrogens with one attached hydrogen (secondary N) is 2. The van der Waals surface area contributed by atoms with Gasteiger partial charge in [-0.2, -0.15) is 0 Å². The van der Waals surface area contributed by atoms with E-state index in [1.54, 1.807) is 17.0 Å². The summed E-state index contributed by atoms with van der Waals surface area (Å²) in [6, 6.07) is 13.2. The van der Waals surface area contributed by atoms with Crippen LogP contribution in [0.4, 0.5) is 17.1 Å². The van der Waals surface area contributed by atoms with Gasteiger partial charge in [0.2, 0.25) is 17.7 Å². The van der Waals surface area contributed by atoms with E-state index in [9.17, 15) is 14.4 Å². The summed E-state index contributed by atoms with van der Waals surface area (Å²) in [5.41, 5.74) is 4.22. The third-order valence-electron chi connectivity index (χ3n) is 5.15. The lowest BCUT2D eigenvalue weighted by molar-refractivity contribution is -0.122. The molecule has 0 saturated carbocycles. The number of rotatable bonds is 5. The minimum absolute atomic E-state index is 0.0387. The fourth-order valence-electron chi connectivity index (χ4n) is 3.50. The van der Waals surface area contributed by atoms with Gasteiger partial charge in [0.1, 0.15) is 0 Å². The predicted molar refractivity (Wildman–Crippen MR) is 115 cm³/mol. The van der Waals surface area contributed by atoms with E-state index >= 15 is 0 Å². The first-order valence-corrected chi connectivity index (χ1v) is 9.84. The average molecular weight is 393 g/mol. The molecule has 0 spiro atoms. The number of benzene rings is 2. The lowest BCUT2D eigenvalue weighted by Gasteiger charge is -2.18. The van der Waals surface area contributed by atoms with E-state index in [1.165, 1.54) is 6.92 Å². The molecular formula is C23H27N3O3. The standard InChI is InChI=1S/C23H27N3O3/c1-14(2)17-6-5-7-20(11-17)26-13-18(12-22(26)28)23(29)25-19-8-9-21(15(3)10-19)24-16(4)27/h5-11,14,18H,12-13H2,1-4H3,(H,24,27)(H,25,29)/t18-/m0/s1. The minimum atomic E-state index is -0.402. The summed E-state index contributed by atoms with van der Waals surface area (Å²) in [4.78, 5) is 38.2. The Morgan fingerprint density at radius 1 is 1.10 bits per heavy atom. The molecule has 152 valence electrons. The zero-order valence-electron chi connectivity index (χ0n) is 17.3. The Kier molecular flexibility index (Phi) is 6.01. The second kappa shape index (κ2) is 8.47. The molecule has 2 aromatic rings. The Morgan fingerprint density at radius 3 is 2.52 bits per heavy atom.